The van der Waals surface area contributed by atoms with Crippen LogP contribution in [-0.4, -0.2) is 10.9 Å². The highest BCUT2D eigenvalue weighted by atomic mass is 79.9. The maximum absolute atomic E-state index is 12.5. The summed E-state index contributed by atoms with van der Waals surface area (Å²) in [6.45, 7) is 3.62. The summed E-state index contributed by atoms with van der Waals surface area (Å²) in [7, 11) is 0. The van der Waals surface area contributed by atoms with Gasteiger partial charge in [0.1, 0.15) is 0 Å². The van der Waals surface area contributed by atoms with Crippen molar-refractivity contribution >= 4 is 44.7 Å². The average Bonchev–Trinajstić information content (AvgIpc) is 2.55. The molecule has 5 heteroatoms. The van der Waals surface area contributed by atoms with E-state index < -0.39 is 0 Å². The largest absolute Gasteiger partial charge is 0.351 e. The number of ketones is 1. The molecule has 1 heterocycles. The number of halogens is 1. The molecule has 1 atom stereocenters. The Balaban J connectivity index is 2.20. The molecule has 3 rings (SSSR count). The number of rotatable bonds is 3. The van der Waals surface area contributed by atoms with E-state index in [4.69, 9.17) is 12.2 Å². The van der Waals surface area contributed by atoms with Gasteiger partial charge >= 0.3 is 0 Å². The minimum Gasteiger partial charge on any atom is -0.351 e. The van der Waals surface area contributed by atoms with Crippen LogP contribution in [0.3, 0.4) is 0 Å². The fourth-order valence-electron chi connectivity index (χ4n) is 2.83. The lowest BCUT2D eigenvalue weighted by Crippen LogP contribution is -2.44. The summed E-state index contributed by atoms with van der Waals surface area (Å²) in [6, 6.07) is 15.6. The van der Waals surface area contributed by atoms with E-state index in [9.17, 15) is 4.79 Å². The zero-order valence-corrected chi connectivity index (χ0v) is 15.8. The van der Waals surface area contributed by atoms with Gasteiger partial charge < -0.3 is 10.6 Å². The second-order valence-corrected chi connectivity index (χ2v) is 7.03. The molecule has 3 nitrogen and oxygen atoms in total. The van der Waals surface area contributed by atoms with Gasteiger partial charge in [0, 0.05) is 10.0 Å². The predicted molar refractivity (Wildman–Crippen MR) is 105 cm³/mol. The van der Waals surface area contributed by atoms with E-state index >= 15 is 0 Å². The van der Waals surface area contributed by atoms with Crippen molar-refractivity contribution in [3.8, 4) is 0 Å². The molecular formula is C19H17BrN2OS. The third-order valence-corrected chi connectivity index (χ3v) is 4.95. The summed E-state index contributed by atoms with van der Waals surface area (Å²) in [4.78, 5) is 12.5. The molecule has 1 aliphatic heterocycles. The number of carbonyl (C=O) groups is 1. The number of thiocarbonyl (C=S) groups is 1. The topological polar surface area (TPSA) is 41.1 Å². The highest BCUT2D eigenvalue weighted by molar-refractivity contribution is 9.10. The Hall–Kier alpha value is -1.98. The van der Waals surface area contributed by atoms with Crippen LogP contribution < -0.4 is 10.6 Å². The summed E-state index contributed by atoms with van der Waals surface area (Å²) in [5, 5.41) is 6.90. The normalized spacial score (nSPS) is 17.3. The van der Waals surface area contributed by atoms with Crippen molar-refractivity contribution in [2.75, 3.05) is 0 Å². The molecule has 0 aromatic heterocycles. The molecule has 0 saturated carbocycles. The van der Waals surface area contributed by atoms with Crippen LogP contribution in [0, 0.1) is 6.92 Å². The Kier molecular flexibility index (Phi) is 4.83. The van der Waals surface area contributed by atoms with Crippen molar-refractivity contribution in [3.63, 3.8) is 0 Å². The number of hydrogen-bond donors (Lipinski definition) is 2. The van der Waals surface area contributed by atoms with Gasteiger partial charge in [0.05, 0.1) is 11.7 Å². The summed E-state index contributed by atoms with van der Waals surface area (Å²) < 4.78 is 0.939. The third kappa shape index (κ3) is 3.28. The molecule has 24 heavy (non-hydrogen) atoms. The molecule has 122 valence electrons. The van der Waals surface area contributed by atoms with E-state index in [0.29, 0.717) is 10.7 Å². The van der Waals surface area contributed by atoms with Crippen LogP contribution >= 0.6 is 28.1 Å². The lowest BCUT2D eigenvalue weighted by atomic mass is 9.90. The van der Waals surface area contributed by atoms with Crippen LogP contribution in [0.2, 0.25) is 0 Å². The molecule has 0 unspecified atom stereocenters. The van der Waals surface area contributed by atoms with Crippen molar-refractivity contribution in [1.82, 2.24) is 10.6 Å². The quantitative estimate of drug-likeness (QED) is 0.754. The van der Waals surface area contributed by atoms with Crippen molar-refractivity contribution in [3.05, 3.63) is 75.3 Å². The first-order valence-corrected chi connectivity index (χ1v) is 8.81. The van der Waals surface area contributed by atoms with Gasteiger partial charge in [0.15, 0.2) is 10.9 Å². The van der Waals surface area contributed by atoms with Crippen LogP contribution in [0.15, 0.2) is 58.6 Å². The lowest BCUT2D eigenvalue weighted by Gasteiger charge is -2.31. The standard InChI is InChI=1S/C19H17BrN2OS/c1-11-7-9-13(10-8-11)17-16(12(2)23)18(22-19(24)21-17)14-5-3-4-6-15(14)20/h3-10,18H,1-2H3,(H2,21,22,24)/t18-/m1/s1. The van der Waals surface area contributed by atoms with Gasteiger partial charge in [-0.2, -0.15) is 0 Å². The third-order valence-electron chi connectivity index (χ3n) is 4.01. The molecule has 0 radical (unpaired) electrons. The van der Waals surface area contributed by atoms with Gasteiger partial charge in [-0.15, -0.1) is 0 Å². The number of hydrogen-bond acceptors (Lipinski definition) is 2. The smallest absolute Gasteiger partial charge is 0.171 e. The highest BCUT2D eigenvalue weighted by Crippen LogP contribution is 2.34. The summed E-state index contributed by atoms with van der Waals surface area (Å²) >= 11 is 8.96. The Labute approximate surface area is 155 Å². The minimum atomic E-state index is -0.289. The molecule has 0 aliphatic carbocycles. The number of aryl methyl sites for hydroxylation is 1. The van der Waals surface area contributed by atoms with Gasteiger partial charge in [-0.05, 0) is 43.3 Å². The van der Waals surface area contributed by atoms with Gasteiger partial charge in [-0.1, -0.05) is 64.0 Å². The second kappa shape index (κ2) is 6.87. The second-order valence-electron chi connectivity index (χ2n) is 5.76. The number of Topliss-reactive ketones (excluding diaryl/α,β-unsaturated/α-hetero) is 1. The average molecular weight is 401 g/mol. The summed E-state index contributed by atoms with van der Waals surface area (Å²) in [5.41, 5.74) is 4.55. The van der Waals surface area contributed by atoms with Gasteiger partial charge in [0.25, 0.3) is 0 Å². The maximum Gasteiger partial charge on any atom is 0.171 e. The fourth-order valence-corrected chi connectivity index (χ4v) is 3.57. The Morgan fingerprint density at radius 1 is 1.12 bits per heavy atom. The zero-order chi connectivity index (χ0) is 17.3. The molecule has 0 saturated heterocycles. The van der Waals surface area contributed by atoms with E-state index in [1.807, 2.05) is 55.5 Å². The van der Waals surface area contributed by atoms with Crippen molar-refractivity contribution in [2.45, 2.75) is 19.9 Å². The van der Waals surface area contributed by atoms with Crippen LogP contribution in [-0.2, 0) is 4.79 Å². The number of nitrogens with one attached hydrogen (secondary N) is 2. The predicted octanol–water partition coefficient (Wildman–Crippen LogP) is 4.28. The van der Waals surface area contributed by atoms with E-state index in [0.717, 1.165) is 21.3 Å². The molecule has 2 N–H and O–H groups in total. The number of carbonyl (C=O) groups excluding carboxylic acids is 1. The van der Waals surface area contributed by atoms with Crippen LogP contribution in [0.5, 0.6) is 0 Å². The summed E-state index contributed by atoms with van der Waals surface area (Å²) in [6.07, 6.45) is 0. The number of benzene rings is 2. The molecule has 1 aliphatic rings. The molecule has 2 aromatic rings. The van der Waals surface area contributed by atoms with Gasteiger partial charge in [-0.3, -0.25) is 4.79 Å². The first kappa shape index (κ1) is 16.9. The maximum atomic E-state index is 12.5. The lowest BCUT2D eigenvalue weighted by molar-refractivity contribution is -0.113. The molecular weight excluding hydrogens is 384 g/mol. The van der Waals surface area contributed by atoms with E-state index in [1.54, 1.807) is 6.92 Å². The minimum absolute atomic E-state index is 0.00817. The SMILES string of the molecule is CC(=O)C1=C(c2ccc(C)cc2)NC(=S)N[C@@H]1c1ccccc1Br. The van der Waals surface area contributed by atoms with Crippen molar-refractivity contribution in [2.24, 2.45) is 0 Å². The molecule has 2 aromatic carbocycles. The Morgan fingerprint density at radius 3 is 2.42 bits per heavy atom. The van der Waals surface area contributed by atoms with Gasteiger partial charge in [0.2, 0.25) is 0 Å². The summed E-state index contributed by atoms with van der Waals surface area (Å²) in [5.74, 6) is 0.00817. The first-order valence-electron chi connectivity index (χ1n) is 7.61. The van der Waals surface area contributed by atoms with Crippen molar-refractivity contribution < 1.29 is 4.79 Å². The Bertz CT molecular complexity index is 843. The van der Waals surface area contributed by atoms with E-state index in [-0.39, 0.29) is 11.8 Å². The Morgan fingerprint density at radius 2 is 1.79 bits per heavy atom. The van der Waals surface area contributed by atoms with Crippen LogP contribution in [0.4, 0.5) is 0 Å². The first-order chi connectivity index (χ1) is 11.5. The monoisotopic (exact) mass is 400 g/mol. The van der Waals surface area contributed by atoms with E-state index in [1.165, 1.54) is 5.56 Å². The molecule has 0 amide bonds. The molecule has 0 bridgehead atoms. The van der Waals surface area contributed by atoms with Crippen molar-refractivity contribution in [1.29, 1.82) is 0 Å². The molecule has 0 fully saturated rings. The highest BCUT2D eigenvalue weighted by Gasteiger charge is 2.31. The molecule has 0 spiro atoms. The van der Waals surface area contributed by atoms with Crippen LogP contribution in [0.1, 0.15) is 29.7 Å². The fraction of sp³-hybridized carbons (Fsp3) is 0.158. The van der Waals surface area contributed by atoms with E-state index in [2.05, 4.69) is 26.6 Å². The van der Waals surface area contributed by atoms with Crippen LogP contribution in [0.25, 0.3) is 5.70 Å². The van der Waals surface area contributed by atoms with Gasteiger partial charge in [-0.25, -0.2) is 0 Å². The zero-order valence-electron chi connectivity index (χ0n) is 13.4.